The Bertz CT molecular complexity index is 1140. The molecule has 2 N–H and O–H groups in total. The Hall–Kier alpha value is -3.70. The minimum absolute atomic E-state index is 0.173. The van der Waals surface area contributed by atoms with Crippen molar-refractivity contribution >= 4 is 33.4 Å². The van der Waals surface area contributed by atoms with Crippen LogP contribution in [-0.4, -0.2) is 38.1 Å². The maximum atomic E-state index is 12.5. The summed E-state index contributed by atoms with van der Waals surface area (Å²) in [6, 6.07) is 27.0. The first-order valence-electron chi connectivity index (χ1n) is 10.2. The third-order valence-corrected chi connectivity index (χ3v) is 5.34. The fourth-order valence-corrected chi connectivity index (χ4v) is 3.52. The summed E-state index contributed by atoms with van der Waals surface area (Å²) in [5, 5.41) is 9.98. The zero-order valence-electron chi connectivity index (χ0n) is 17.3. The third-order valence-electron chi connectivity index (χ3n) is 5.34. The molecule has 2 amide bonds. The van der Waals surface area contributed by atoms with Gasteiger partial charge < -0.3 is 15.4 Å². The van der Waals surface area contributed by atoms with Gasteiger partial charge in [0.1, 0.15) is 0 Å². The van der Waals surface area contributed by atoms with Gasteiger partial charge in [0.2, 0.25) is 0 Å². The number of rotatable bonds is 7. The topological polar surface area (TPSA) is 67.4 Å². The van der Waals surface area contributed by atoms with Gasteiger partial charge in [0.05, 0.1) is 6.10 Å². The number of hydrogen-bond donors (Lipinski definition) is 2. The molecule has 4 rings (SSSR count). The third kappa shape index (κ3) is 4.90. The first-order chi connectivity index (χ1) is 15.1. The van der Waals surface area contributed by atoms with E-state index in [-0.39, 0.29) is 17.9 Å². The molecule has 0 saturated heterocycles. The fraction of sp³-hybridized carbons (Fsp3) is 0.154. The molecule has 5 heteroatoms. The van der Waals surface area contributed by atoms with Crippen LogP contribution in [-0.2, 0) is 4.74 Å². The Balaban J connectivity index is 1.33. The van der Waals surface area contributed by atoms with Crippen LogP contribution in [0.4, 0.5) is 0 Å². The second-order valence-corrected chi connectivity index (χ2v) is 7.40. The number of ether oxygens (including phenoxy) is 1. The quantitative estimate of drug-likeness (QED) is 0.479. The van der Waals surface area contributed by atoms with Crippen LogP contribution in [0.1, 0.15) is 20.7 Å². The molecule has 0 aliphatic rings. The van der Waals surface area contributed by atoms with Gasteiger partial charge in [-0.05, 0) is 45.8 Å². The number of methoxy groups -OCH3 is 1. The average Bonchev–Trinajstić information content (AvgIpc) is 2.83. The predicted molar refractivity (Wildman–Crippen MR) is 123 cm³/mol. The van der Waals surface area contributed by atoms with Crippen LogP contribution < -0.4 is 10.6 Å². The molecule has 0 heterocycles. The standard InChI is InChI=1S/C26H24N2O3/c1-31-24(16-27-25(29)22-12-10-18-6-2-4-8-20(18)14-22)17-28-26(30)23-13-11-19-7-3-5-9-21(19)15-23/h2-15,24H,16-17H2,1H3,(H,27,29)(H,28,30). The highest BCUT2D eigenvalue weighted by atomic mass is 16.5. The van der Waals surface area contributed by atoms with Gasteiger partial charge in [-0.3, -0.25) is 9.59 Å². The van der Waals surface area contributed by atoms with Crippen LogP contribution in [0.2, 0.25) is 0 Å². The molecule has 0 saturated carbocycles. The van der Waals surface area contributed by atoms with Crippen molar-refractivity contribution in [3.8, 4) is 0 Å². The Morgan fingerprint density at radius 1 is 0.677 bits per heavy atom. The minimum Gasteiger partial charge on any atom is -0.378 e. The second-order valence-electron chi connectivity index (χ2n) is 7.40. The van der Waals surface area contributed by atoms with Gasteiger partial charge in [0.15, 0.2) is 0 Å². The van der Waals surface area contributed by atoms with Crippen molar-refractivity contribution in [2.75, 3.05) is 20.2 Å². The van der Waals surface area contributed by atoms with Gasteiger partial charge in [-0.25, -0.2) is 0 Å². The van der Waals surface area contributed by atoms with Crippen molar-refractivity contribution in [3.63, 3.8) is 0 Å². The number of benzene rings is 4. The van der Waals surface area contributed by atoms with E-state index < -0.39 is 0 Å². The van der Waals surface area contributed by atoms with Gasteiger partial charge >= 0.3 is 0 Å². The lowest BCUT2D eigenvalue weighted by Crippen LogP contribution is -2.41. The van der Waals surface area contributed by atoms with E-state index in [0.29, 0.717) is 24.2 Å². The molecule has 0 bridgehead atoms. The Labute approximate surface area is 181 Å². The Morgan fingerprint density at radius 3 is 1.52 bits per heavy atom. The average molecular weight is 412 g/mol. The fourth-order valence-electron chi connectivity index (χ4n) is 3.52. The number of nitrogens with one attached hydrogen (secondary N) is 2. The summed E-state index contributed by atoms with van der Waals surface area (Å²) >= 11 is 0. The van der Waals surface area contributed by atoms with Crippen molar-refractivity contribution in [1.82, 2.24) is 10.6 Å². The van der Waals surface area contributed by atoms with E-state index in [1.54, 1.807) is 19.2 Å². The molecule has 0 aliphatic carbocycles. The molecule has 0 unspecified atom stereocenters. The second kappa shape index (κ2) is 9.41. The highest BCUT2D eigenvalue weighted by molar-refractivity contribution is 5.99. The summed E-state index contributed by atoms with van der Waals surface area (Å²) in [4.78, 5) is 25.1. The summed E-state index contributed by atoms with van der Waals surface area (Å²) in [5.41, 5.74) is 1.18. The van der Waals surface area contributed by atoms with Gasteiger partial charge in [0.25, 0.3) is 11.8 Å². The zero-order chi connectivity index (χ0) is 21.6. The summed E-state index contributed by atoms with van der Waals surface area (Å²) in [6.07, 6.45) is -0.339. The summed E-state index contributed by atoms with van der Waals surface area (Å²) in [7, 11) is 1.56. The van der Waals surface area contributed by atoms with Crippen LogP contribution in [0.25, 0.3) is 21.5 Å². The molecule has 0 spiro atoms. The molecule has 156 valence electrons. The van der Waals surface area contributed by atoms with E-state index in [0.717, 1.165) is 21.5 Å². The molecule has 5 nitrogen and oxygen atoms in total. The lowest BCUT2D eigenvalue weighted by Gasteiger charge is -2.17. The van der Waals surface area contributed by atoms with E-state index in [1.165, 1.54) is 0 Å². The minimum atomic E-state index is -0.339. The van der Waals surface area contributed by atoms with E-state index >= 15 is 0 Å². The van der Waals surface area contributed by atoms with Gasteiger partial charge in [-0.1, -0.05) is 60.7 Å². The smallest absolute Gasteiger partial charge is 0.251 e. The van der Waals surface area contributed by atoms with Crippen LogP contribution in [0.15, 0.2) is 84.9 Å². The lowest BCUT2D eigenvalue weighted by atomic mass is 10.1. The Morgan fingerprint density at radius 2 is 1.10 bits per heavy atom. The summed E-state index contributed by atoms with van der Waals surface area (Å²) in [5.74, 6) is -0.345. The summed E-state index contributed by atoms with van der Waals surface area (Å²) in [6.45, 7) is 0.584. The molecule has 0 aromatic heterocycles. The number of carbonyl (C=O) groups is 2. The number of carbonyl (C=O) groups excluding carboxylic acids is 2. The van der Waals surface area contributed by atoms with Crippen molar-refractivity contribution in [1.29, 1.82) is 0 Å². The Kier molecular flexibility index (Phi) is 6.24. The van der Waals surface area contributed by atoms with Crippen molar-refractivity contribution in [3.05, 3.63) is 96.1 Å². The highest BCUT2D eigenvalue weighted by Crippen LogP contribution is 2.16. The maximum absolute atomic E-state index is 12.5. The monoisotopic (exact) mass is 412 g/mol. The predicted octanol–water partition coefficient (Wildman–Crippen LogP) is 4.17. The molecule has 31 heavy (non-hydrogen) atoms. The van der Waals surface area contributed by atoms with Gasteiger partial charge in [-0.15, -0.1) is 0 Å². The zero-order valence-corrected chi connectivity index (χ0v) is 17.3. The first kappa shape index (κ1) is 20.6. The van der Waals surface area contributed by atoms with E-state index in [4.69, 9.17) is 4.74 Å². The van der Waals surface area contributed by atoms with Gasteiger partial charge in [-0.2, -0.15) is 0 Å². The van der Waals surface area contributed by atoms with Crippen molar-refractivity contribution in [2.45, 2.75) is 6.10 Å². The SMILES string of the molecule is COC(CNC(=O)c1ccc2ccccc2c1)CNC(=O)c1ccc2ccccc2c1. The molecule has 0 atom stereocenters. The van der Waals surface area contributed by atoms with Crippen LogP contribution >= 0.6 is 0 Å². The van der Waals surface area contributed by atoms with Crippen LogP contribution in [0, 0.1) is 0 Å². The molecule has 0 radical (unpaired) electrons. The van der Waals surface area contributed by atoms with Crippen LogP contribution in [0.3, 0.4) is 0 Å². The number of fused-ring (bicyclic) bond motifs is 2. The van der Waals surface area contributed by atoms with Crippen molar-refractivity contribution < 1.29 is 14.3 Å². The summed E-state index contributed by atoms with van der Waals surface area (Å²) < 4.78 is 5.43. The maximum Gasteiger partial charge on any atom is 0.251 e. The number of amides is 2. The van der Waals surface area contributed by atoms with E-state index in [2.05, 4.69) is 10.6 Å². The molecule has 4 aromatic carbocycles. The van der Waals surface area contributed by atoms with Crippen LogP contribution in [0.5, 0.6) is 0 Å². The largest absolute Gasteiger partial charge is 0.378 e. The van der Waals surface area contributed by atoms with Gasteiger partial charge in [0, 0.05) is 31.3 Å². The van der Waals surface area contributed by atoms with E-state index in [1.807, 2.05) is 72.8 Å². The van der Waals surface area contributed by atoms with Crippen molar-refractivity contribution in [2.24, 2.45) is 0 Å². The number of hydrogen-bond acceptors (Lipinski definition) is 3. The van der Waals surface area contributed by atoms with E-state index in [9.17, 15) is 9.59 Å². The molecular formula is C26H24N2O3. The molecule has 0 fully saturated rings. The highest BCUT2D eigenvalue weighted by Gasteiger charge is 2.14. The normalized spacial score (nSPS) is 11.0. The molecule has 0 aliphatic heterocycles. The molecular weight excluding hydrogens is 388 g/mol. The molecule has 4 aromatic rings. The first-order valence-corrected chi connectivity index (χ1v) is 10.2. The lowest BCUT2D eigenvalue weighted by molar-refractivity contribution is 0.0776.